The third-order valence-electron chi connectivity index (χ3n) is 6.43. The van der Waals surface area contributed by atoms with Gasteiger partial charge in [0.15, 0.2) is 6.61 Å². The molecule has 0 unspecified atom stereocenters. The summed E-state index contributed by atoms with van der Waals surface area (Å²) in [4.78, 5) is 25.2. The predicted octanol–water partition coefficient (Wildman–Crippen LogP) is 4.44. The van der Waals surface area contributed by atoms with Gasteiger partial charge in [-0.15, -0.1) is 11.3 Å². The topological polar surface area (TPSA) is 79.2 Å². The smallest absolute Gasteiger partial charge is 0.309 e. The van der Waals surface area contributed by atoms with E-state index in [1.165, 1.54) is 16.2 Å². The summed E-state index contributed by atoms with van der Waals surface area (Å²) in [5.74, 6) is -0.109. The number of hydrogen-bond donors (Lipinski definition) is 1. The van der Waals surface area contributed by atoms with Gasteiger partial charge in [0.25, 0.3) is 5.91 Å². The van der Waals surface area contributed by atoms with Crippen molar-refractivity contribution in [1.82, 2.24) is 0 Å². The van der Waals surface area contributed by atoms with Crippen LogP contribution in [0.2, 0.25) is 0 Å². The van der Waals surface area contributed by atoms with Crippen LogP contribution in [0.3, 0.4) is 0 Å². The van der Waals surface area contributed by atoms with Crippen molar-refractivity contribution in [3.05, 3.63) is 16.0 Å². The minimum atomic E-state index is -0.372. The van der Waals surface area contributed by atoms with Gasteiger partial charge in [0.1, 0.15) is 11.1 Å². The molecule has 1 heterocycles. The number of anilines is 1. The molecule has 1 aromatic rings. The molecule has 0 aliphatic heterocycles. The average Bonchev–Trinajstić information content (AvgIpc) is 2.94. The maximum atomic E-state index is 12.2. The first-order valence-corrected chi connectivity index (χ1v) is 10.7. The van der Waals surface area contributed by atoms with E-state index in [-0.39, 0.29) is 29.8 Å². The number of nitrogens with zero attached hydrogens (tertiary/aromatic N) is 1. The molecule has 27 heavy (non-hydrogen) atoms. The number of nitriles is 1. The highest BCUT2D eigenvalue weighted by molar-refractivity contribution is 7.16. The lowest BCUT2D eigenvalue weighted by atomic mass is 9.69. The van der Waals surface area contributed by atoms with E-state index in [2.05, 4.69) is 32.2 Å². The number of ether oxygens (including phenoxy) is 1. The van der Waals surface area contributed by atoms with Crippen LogP contribution in [0.1, 0.15) is 68.9 Å². The van der Waals surface area contributed by atoms with Crippen LogP contribution in [0.5, 0.6) is 0 Å². The highest BCUT2D eigenvalue weighted by Crippen LogP contribution is 2.45. The molecule has 5 nitrogen and oxygen atoms in total. The molecule has 6 heteroatoms. The van der Waals surface area contributed by atoms with Crippen LogP contribution in [-0.2, 0) is 27.2 Å². The SMILES string of the molecule is CCC(C)(C)[C@H]1CCc2c(sc(NC(=O)COC(=O)C3CCC3)c2C#N)C1. The molecule has 146 valence electrons. The minimum Gasteiger partial charge on any atom is -0.455 e. The Labute approximate surface area is 165 Å². The first-order valence-electron chi connectivity index (χ1n) is 9.86. The zero-order chi connectivity index (χ0) is 19.6. The van der Waals surface area contributed by atoms with Crippen LogP contribution in [0.15, 0.2) is 0 Å². The maximum absolute atomic E-state index is 12.2. The number of nitrogens with one attached hydrogen (secondary N) is 1. The summed E-state index contributed by atoms with van der Waals surface area (Å²) in [5, 5.41) is 13.0. The summed E-state index contributed by atoms with van der Waals surface area (Å²) in [7, 11) is 0. The maximum Gasteiger partial charge on any atom is 0.309 e. The molecule has 0 spiro atoms. The van der Waals surface area contributed by atoms with Crippen molar-refractivity contribution in [2.75, 3.05) is 11.9 Å². The van der Waals surface area contributed by atoms with E-state index in [1.807, 2.05) is 0 Å². The third-order valence-corrected chi connectivity index (χ3v) is 7.60. The standard InChI is InChI=1S/C21H28N2O3S/c1-4-21(2,3)14-8-9-15-16(11-22)19(27-17(15)10-14)23-18(24)12-26-20(25)13-6-5-7-13/h13-14H,4-10,12H2,1-3H3,(H,23,24)/t14-/m0/s1. The van der Waals surface area contributed by atoms with Crippen LogP contribution in [-0.4, -0.2) is 18.5 Å². The van der Waals surface area contributed by atoms with Crippen molar-refractivity contribution < 1.29 is 14.3 Å². The van der Waals surface area contributed by atoms with Gasteiger partial charge in [-0.05, 0) is 49.0 Å². The lowest BCUT2D eigenvalue weighted by Crippen LogP contribution is -2.28. The van der Waals surface area contributed by atoms with Crippen LogP contribution < -0.4 is 5.32 Å². The second-order valence-electron chi connectivity index (χ2n) is 8.39. The number of rotatable bonds is 6. The molecule has 2 aliphatic carbocycles. The molecular weight excluding hydrogens is 360 g/mol. The van der Waals surface area contributed by atoms with Crippen LogP contribution >= 0.6 is 11.3 Å². The summed E-state index contributed by atoms with van der Waals surface area (Å²) >= 11 is 1.51. The molecule has 0 saturated heterocycles. The quantitative estimate of drug-likeness (QED) is 0.731. The molecular formula is C21H28N2O3S. The van der Waals surface area contributed by atoms with Gasteiger partial charge in [-0.1, -0.05) is 33.6 Å². The van der Waals surface area contributed by atoms with E-state index >= 15 is 0 Å². The molecule has 1 N–H and O–H groups in total. The fraction of sp³-hybridized carbons (Fsp3) is 0.667. The molecule has 1 saturated carbocycles. The monoisotopic (exact) mass is 388 g/mol. The molecule has 0 radical (unpaired) electrons. The molecule has 2 aliphatic rings. The predicted molar refractivity (Wildman–Crippen MR) is 106 cm³/mol. The van der Waals surface area contributed by atoms with Gasteiger partial charge in [0, 0.05) is 4.88 Å². The Morgan fingerprint density at radius 2 is 2.07 bits per heavy atom. The van der Waals surface area contributed by atoms with Crippen molar-refractivity contribution in [3.8, 4) is 6.07 Å². The van der Waals surface area contributed by atoms with Gasteiger partial charge in [-0.25, -0.2) is 0 Å². The van der Waals surface area contributed by atoms with Gasteiger partial charge in [0.05, 0.1) is 11.5 Å². The van der Waals surface area contributed by atoms with Crippen molar-refractivity contribution >= 4 is 28.2 Å². The normalized spacial score (nSPS) is 19.6. The van der Waals surface area contributed by atoms with Gasteiger partial charge in [-0.2, -0.15) is 5.26 Å². The Morgan fingerprint density at radius 1 is 1.33 bits per heavy atom. The number of carbonyl (C=O) groups is 2. The fourth-order valence-corrected chi connectivity index (χ4v) is 5.10. The number of carbonyl (C=O) groups excluding carboxylic acids is 2. The van der Waals surface area contributed by atoms with E-state index in [1.54, 1.807) is 0 Å². The van der Waals surface area contributed by atoms with Crippen LogP contribution in [0, 0.1) is 28.6 Å². The molecule has 0 bridgehead atoms. The van der Waals surface area contributed by atoms with Crippen LogP contribution in [0.25, 0.3) is 0 Å². The number of thiophene rings is 1. The Balaban J connectivity index is 1.65. The van der Waals surface area contributed by atoms with Gasteiger partial charge in [0.2, 0.25) is 0 Å². The molecule has 1 amide bonds. The largest absolute Gasteiger partial charge is 0.455 e. The van der Waals surface area contributed by atoms with E-state index in [0.717, 1.165) is 50.5 Å². The summed E-state index contributed by atoms with van der Waals surface area (Å²) < 4.78 is 5.10. The Bertz CT molecular complexity index is 771. The first kappa shape index (κ1) is 19.9. The van der Waals surface area contributed by atoms with E-state index in [4.69, 9.17) is 4.74 Å². The second-order valence-corrected chi connectivity index (χ2v) is 9.49. The lowest BCUT2D eigenvalue weighted by Gasteiger charge is -2.36. The van der Waals surface area contributed by atoms with Gasteiger partial charge >= 0.3 is 5.97 Å². The Morgan fingerprint density at radius 3 is 2.67 bits per heavy atom. The molecule has 1 fully saturated rings. The summed E-state index contributed by atoms with van der Waals surface area (Å²) in [6, 6.07) is 2.27. The number of hydrogen-bond acceptors (Lipinski definition) is 5. The Kier molecular flexibility index (Phi) is 5.90. The first-order chi connectivity index (χ1) is 12.9. The van der Waals surface area contributed by atoms with Crippen LogP contribution in [0.4, 0.5) is 5.00 Å². The summed E-state index contributed by atoms with van der Waals surface area (Å²) in [5.41, 5.74) is 1.95. The van der Waals surface area contributed by atoms with E-state index in [0.29, 0.717) is 16.5 Å². The van der Waals surface area contributed by atoms with Crippen molar-refractivity contribution in [2.45, 2.75) is 65.7 Å². The van der Waals surface area contributed by atoms with Gasteiger partial charge < -0.3 is 10.1 Å². The minimum absolute atomic E-state index is 0.0413. The highest BCUT2D eigenvalue weighted by atomic mass is 32.1. The second kappa shape index (κ2) is 8.02. The molecule has 3 rings (SSSR count). The number of fused-ring (bicyclic) bond motifs is 1. The molecule has 0 aromatic carbocycles. The highest BCUT2D eigenvalue weighted by Gasteiger charge is 2.34. The average molecular weight is 389 g/mol. The Hall–Kier alpha value is -1.87. The summed E-state index contributed by atoms with van der Waals surface area (Å²) in [6.07, 6.45) is 6.80. The number of amides is 1. The third kappa shape index (κ3) is 4.19. The fourth-order valence-electron chi connectivity index (χ4n) is 3.81. The van der Waals surface area contributed by atoms with Crippen molar-refractivity contribution in [1.29, 1.82) is 5.26 Å². The van der Waals surface area contributed by atoms with Crippen molar-refractivity contribution in [2.24, 2.45) is 17.3 Å². The lowest BCUT2D eigenvalue weighted by molar-refractivity contribution is -0.154. The zero-order valence-electron chi connectivity index (χ0n) is 16.4. The van der Waals surface area contributed by atoms with E-state index < -0.39 is 0 Å². The summed E-state index contributed by atoms with van der Waals surface area (Å²) in [6.45, 7) is 6.55. The molecule has 1 atom stereocenters. The van der Waals surface area contributed by atoms with E-state index in [9.17, 15) is 14.9 Å². The zero-order valence-corrected chi connectivity index (χ0v) is 17.2. The molecule has 1 aromatic heterocycles. The van der Waals surface area contributed by atoms with Gasteiger partial charge in [-0.3, -0.25) is 9.59 Å². The van der Waals surface area contributed by atoms with Crippen molar-refractivity contribution in [3.63, 3.8) is 0 Å². The number of esters is 1.